The Morgan fingerprint density at radius 2 is 2.05 bits per heavy atom. The van der Waals surface area contributed by atoms with Crippen molar-refractivity contribution in [1.29, 1.82) is 0 Å². The maximum atomic E-state index is 10.0. The van der Waals surface area contributed by atoms with Gasteiger partial charge in [0.25, 0.3) is 0 Å². The summed E-state index contributed by atoms with van der Waals surface area (Å²) < 4.78 is 6.19. The van der Waals surface area contributed by atoms with E-state index in [0.717, 1.165) is 30.9 Å². The van der Waals surface area contributed by atoms with Crippen LogP contribution in [0.5, 0.6) is 0 Å². The number of ether oxygens (including phenoxy) is 1. The Kier molecular flexibility index (Phi) is 6.22. The van der Waals surface area contributed by atoms with Crippen LogP contribution >= 0.6 is 0 Å². The molecule has 0 radical (unpaired) electrons. The fourth-order valence-electron chi connectivity index (χ4n) is 3.31. The van der Waals surface area contributed by atoms with E-state index in [1.807, 2.05) is 18.2 Å². The molecule has 1 aromatic rings. The third-order valence-corrected chi connectivity index (χ3v) is 4.57. The molecule has 3 heteroatoms. The van der Waals surface area contributed by atoms with Crippen molar-refractivity contribution in [3.8, 4) is 0 Å². The Balaban J connectivity index is 2.05. The second-order valence-electron chi connectivity index (χ2n) is 6.34. The maximum absolute atomic E-state index is 10.0. The van der Waals surface area contributed by atoms with Crippen molar-refractivity contribution in [2.75, 3.05) is 19.8 Å². The monoisotopic (exact) mass is 291 g/mol. The van der Waals surface area contributed by atoms with Crippen LogP contribution in [0.25, 0.3) is 0 Å². The van der Waals surface area contributed by atoms with E-state index in [0.29, 0.717) is 12.7 Å². The smallest absolute Gasteiger partial charge is 0.0906 e. The molecule has 0 bridgehead atoms. The topological polar surface area (TPSA) is 41.5 Å². The van der Waals surface area contributed by atoms with Crippen molar-refractivity contribution in [1.82, 2.24) is 5.32 Å². The molecule has 118 valence electrons. The lowest BCUT2D eigenvalue weighted by Gasteiger charge is -2.36. The molecule has 3 nitrogen and oxygen atoms in total. The lowest BCUT2D eigenvalue weighted by atomic mass is 9.88. The van der Waals surface area contributed by atoms with Crippen LogP contribution in [-0.4, -0.2) is 31.0 Å². The van der Waals surface area contributed by atoms with Gasteiger partial charge in [-0.1, -0.05) is 57.0 Å². The first-order valence-electron chi connectivity index (χ1n) is 8.23. The minimum atomic E-state index is -0.489. The van der Waals surface area contributed by atoms with Crippen LogP contribution in [0.15, 0.2) is 30.3 Å². The van der Waals surface area contributed by atoms with Crippen molar-refractivity contribution in [3.05, 3.63) is 35.9 Å². The molecule has 0 saturated heterocycles. The van der Waals surface area contributed by atoms with Crippen molar-refractivity contribution in [3.63, 3.8) is 0 Å². The Hall–Kier alpha value is -0.900. The average molecular weight is 291 g/mol. The number of likely N-dealkylation sites (N-methyl/N-ethyl adjacent to an activating group) is 1. The fraction of sp³-hybridized carbons (Fsp3) is 0.667. The number of aliphatic hydroxyl groups is 1. The number of nitrogens with one attached hydrogen (secondary N) is 1. The van der Waals surface area contributed by atoms with Crippen LogP contribution in [0.2, 0.25) is 0 Å². The zero-order valence-electron chi connectivity index (χ0n) is 13.3. The van der Waals surface area contributed by atoms with E-state index >= 15 is 0 Å². The second kappa shape index (κ2) is 7.92. The van der Waals surface area contributed by atoms with Crippen molar-refractivity contribution in [2.45, 2.75) is 51.2 Å². The molecule has 2 rings (SSSR count). The normalized spacial score (nSPS) is 25.5. The van der Waals surface area contributed by atoms with Gasteiger partial charge in [-0.3, -0.25) is 0 Å². The average Bonchev–Trinajstić information content (AvgIpc) is 2.52. The van der Waals surface area contributed by atoms with Gasteiger partial charge in [-0.25, -0.2) is 0 Å². The summed E-state index contributed by atoms with van der Waals surface area (Å²) in [5.41, 5.74) is 0.606. The maximum Gasteiger partial charge on any atom is 0.0906 e. The molecule has 3 unspecified atom stereocenters. The summed E-state index contributed by atoms with van der Waals surface area (Å²) in [5, 5.41) is 13.4. The van der Waals surface area contributed by atoms with Crippen LogP contribution in [-0.2, 0) is 10.3 Å². The Morgan fingerprint density at radius 1 is 1.29 bits per heavy atom. The molecule has 1 aliphatic carbocycles. The molecule has 0 aliphatic heterocycles. The Bertz CT molecular complexity index is 409. The Labute approximate surface area is 128 Å². The number of hydrogen-bond acceptors (Lipinski definition) is 3. The quantitative estimate of drug-likeness (QED) is 0.811. The van der Waals surface area contributed by atoms with Gasteiger partial charge < -0.3 is 15.2 Å². The molecule has 3 atom stereocenters. The summed E-state index contributed by atoms with van der Waals surface area (Å²) in [6.07, 6.45) is 5.19. The predicted molar refractivity (Wildman–Crippen MR) is 86.3 cm³/mol. The Morgan fingerprint density at radius 3 is 2.67 bits per heavy atom. The summed E-state index contributed by atoms with van der Waals surface area (Å²) in [4.78, 5) is 0. The number of benzene rings is 1. The van der Waals surface area contributed by atoms with E-state index in [9.17, 15) is 5.11 Å². The zero-order valence-corrected chi connectivity index (χ0v) is 13.3. The standard InChI is InChI=1S/C18H29NO2/c1-3-19-18(13-20,16-9-5-4-6-10-16)14-21-17-11-7-8-15(2)12-17/h4-6,9-10,15,17,19-20H,3,7-8,11-14H2,1-2H3. The third-order valence-electron chi connectivity index (χ3n) is 4.57. The number of rotatable bonds is 7. The van der Waals surface area contributed by atoms with E-state index in [1.54, 1.807) is 0 Å². The summed E-state index contributed by atoms with van der Waals surface area (Å²) >= 11 is 0. The highest BCUT2D eigenvalue weighted by Crippen LogP contribution is 2.28. The van der Waals surface area contributed by atoms with E-state index in [1.165, 1.54) is 12.8 Å². The molecule has 0 spiro atoms. The molecule has 1 fully saturated rings. The molecular weight excluding hydrogens is 262 g/mol. The van der Waals surface area contributed by atoms with Crippen molar-refractivity contribution >= 4 is 0 Å². The molecule has 0 heterocycles. The molecule has 0 aromatic heterocycles. The highest BCUT2D eigenvalue weighted by atomic mass is 16.5. The first-order chi connectivity index (χ1) is 10.2. The molecule has 2 N–H and O–H groups in total. The molecular formula is C18H29NO2. The van der Waals surface area contributed by atoms with Gasteiger partial charge in [0.05, 0.1) is 24.9 Å². The van der Waals surface area contributed by atoms with Crippen molar-refractivity contribution < 1.29 is 9.84 Å². The number of aliphatic hydroxyl groups excluding tert-OH is 1. The first-order valence-corrected chi connectivity index (χ1v) is 8.23. The van der Waals surface area contributed by atoms with E-state index in [4.69, 9.17) is 4.74 Å². The van der Waals surface area contributed by atoms with Crippen LogP contribution in [0.1, 0.15) is 45.1 Å². The lowest BCUT2D eigenvalue weighted by Crippen LogP contribution is -2.50. The van der Waals surface area contributed by atoms with Gasteiger partial charge in [0, 0.05) is 0 Å². The van der Waals surface area contributed by atoms with Crippen LogP contribution in [0, 0.1) is 5.92 Å². The third kappa shape index (κ3) is 4.29. The van der Waals surface area contributed by atoms with Crippen LogP contribution in [0.3, 0.4) is 0 Å². The summed E-state index contributed by atoms with van der Waals surface area (Å²) in [5.74, 6) is 0.753. The lowest BCUT2D eigenvalue weighted by molar-refractivity contribution is -0.0333. The zero-order chi connectivity index (χ0) is 15.1. The van der Waals surface area contributed by atoms with Crippen LogP contribution < -0.4 is 5.32 Å². The van der Waals surface area contributed by atoms with Gasteiger partial charge in [0.2, 0.25) is 0 Å². The molecule has 1 saturated carbocycles. The predicted octanol–water partition coefficient (Wildman–Crippen LogP) is 3.08. The van der Waals surface area contributed by atoms with E-state index in [2.05, 4.69) is 31.3 Å². The van der Waals surface area contributed by atoms with Gasteiger partial charge in [-0.05, 0) is 30.9 Å². The largest absolute Gasteiger partial charge is 0.394 e. The van der Waals surface area contributed by atoms with Crippen LogP contribution in [0.4, 0.5) is 0 Å². The molecule has 0 amide bonds. The minimum absolute atomic E-state index is 0.0487. The number of hydrogen-bond donors (Lipinski definition) is 2. The summed E-state index contributed by atoms with van der Waals surface area (Å²) in [6.45, 7) is 5.75. The summed E-state index contributed by atoms with van der Waals surface area (Å²) in [7, 11) is 0. The van der Waals surface area contributed by atoms with Gasteiger partial charge in [0.1, 0.15) is 0 Å². The van der Waals surface area contributed by atoms with Gasteiger partial charge >= 0.3 is 0 Å². The molecule has 1 aliphatic rings. The van der Waals surface area contributed by atoms with Gasteiger partial charge in [-0.15, -0.1) is 0 Å². The highest BCUT2D eigenvalue weighted by molar-refractivity contribution is 5.25. The SMILES string of the molecule is CCNC(CO)(COC1CCCC(C)C1)c1ccccc1. The van der Waals surface area contributed by atoms with E-state index in [-0.39, 0.29) is 6.61 Å². The van der Waals surface area contributed by atoms with Crippen molar-refractivity contribution in [2.24, 2.45) is 5.92 Å². The van der Waals surface area contributed by atoms with E-state index < -0.39 is 5.54 Å². The fourth-order valence-corrected chi connectivity index (χ4v) is 3.31. The van der Waals surface area contributed by atoms with Gasteiger partial charge in [0.15, 0.2) is 0 Å². The summed E-state index contributed by atoms with van der Waals surface area (Å²) in [6, 6.07) is 10.2. The minimum Gasteiger partial charge on any atom is -0.394 e. The highest BCUT2D eigenvalue weighted by Gasteiger charge is 2.32. The second-order valence-corrected chi connectivity index (χ2v) is 6.34. The molecule has 21 heavy (non-hydrogen) atoms. The van der Waals surface area contributed by atoms with Gasteiger partial charge in [-0.2, -0.15) is 0 Å². The molecule has 1 aromatic carbocycles. The first kappa shape index (κ1) is 16.5.